The molecule has 0 atom stereocenters. The van der Waals surface area contributed by atoms with Crippen molar-refractivity contribution in [3.63, 3.8) is 0 Å². The first kappa shape index (κ1) is 14.9. The zero-order valence-corrected chi connectivity index (χ0v) is 13.2. The number of nitrogens with two attached hydrogens (primary N) is 1. The van der Waals surface area contributed by atoms with Crippen LogP contribution in [-0.4, -0.2) is 20.8 Å². The molecule has 0 aliphatic heterocycles. The van der Waals surface area contributed by atoms with Gasteiger partial charge in [0.05, 0.1) is 13.7 Å². The van der Waals surface area contributed by atoms with Crippen molar-refractivity contribution in [2.45, 2.75) is 6.42 Å². The molecule has 0 amide bonds. The topological polar surface area (TPSA) is 44.5 Å². The molecule has 4 heteroatoms. The van der Waals surface area contributed by atoms with E-state index in [2.05, 4.69) is 15.9 Å². The fourth-order valence-electron chi connectivity index (χ4n) is 2.17. The average Bonchev–Trinajstić information content (AvgIpc) is 2.46. The molecule has 0 radical (unpaired) electrons. The Morgan fingerprint density at radius 3 is 2.60 bits per heavy atom. The quantitative estimate of drug-likeness (QED) is 0.843. The van der Waals surface area contributed by atoms with Gasteiger partial charge in [-0.15, -0.1) is 0 Å². The summed E-state index contributed by atoms with van der Waals surface area (Å²) in [4.78, 5) is 0. The molecule has 2 aromatic rings. The Hall–Kier alpha value is -1.52. The zero-order chi connectivity index (χ0) is 14.5. The first-order chi connectivity index (χ1) is 9.67. The molecule has 20 heavy (non-hydrogen) atoms. The predicted octanol–water partition coefficient (Wildman–Crippen LogP) is 3.90. The SMILES string of the molecule is COCCc1cccc(-c2cc(Br)ccc2OC)c1N. The number of para-hydroxylation sites is 1. The summed E-state index contributed by atoms with van der Waals surface area (Å²) in [5, 5.41) is 0. The molecule has 0 aliphatic rings. The number of benzene rings is 2. The number of anilines is 1. The van der Waals surface area contributed by atoms with Crippen LogP contribution in [0, 0.1) is 0 Å². The van der Waals surface area contributed by atoms with Crippen molar-refractivity contribution in [3.8, 4) is 16.9 Å². The van der Waals surface area contributed by atoms with Crippen molar-refractivity contribution in [1.29, 1.82) is 0 Å². The van der Waals surface area contributed by atoms with Crippen molar-refractivity contribution >= 4 is 21.6 Å². The van der Waals surface area contributed by atoms with Crippen LogP contribution in [0.4, 0.5) is 5.69 Å². The van der Waals surface area contributed by atoms with E-state index in [0.29, 0.717) is 6.61 Å². The highest BCUT2D eigenvalue weighted by atomic mass is 79.9. The van der Waals surface area contributed by atoms with Crippen molar-refractivity contribution in [2.75, 3.05) is 26.6 Å². The van der Waals surface area contributed by atoms with Crippen LogP contribution >= 0.6 is 15.9 Å². The summed E-state index contributed by atoms with van der Waals surface area (Å²) in [7, 11) is 3.36. The lowest BCUT2D eigenvalue weighted by molar-refractivity contribution is 0.202. The molecule has 2 aromatic carbocycles. The van der Waals surface area contributed by atoms with Crippen LogP contribution in [0.2, 0.25) is 0 Å². The van der Waals surface area contributed by atoms with Gasteiger partial charge in [-0.2, -0.15) is 0 Å². The largest absolute Gasteiger partial charge is 0.496 e. The molecule has 0 fully saturated rings. The summed E-state index contributed by atoms with van der Waals surface area (Å²) < 4.78 is 11.5. The highest BCUT2D eigenvalue weighted by Crippen LogP contribution is 2.37. The van der Waals surface area contributed by atoms with E-state index >= 15 is 0 Å². The fourth-order valence-corrected chi connectivity index (χ4v) is 2.53. The van der Waals surface area contributed by atoms with Crippen molar-refractivity contribution in [1.82, 2.24) is 0 Å². The Morgan fingerprint density at radius 2 is 1.90 bits per heavy atom. The first-order valence-corrected chi connectivity index (χ1v) is 7.17. The molecule has 106 valence electrons. The number of ether oxygens (including phenoxy) is 2. The second-order valence-corrected chi connectivity index (χ2v) is 5.38. The number of methoxy groups -OCH3 is 2. The van der Waals surface area contributed by atoms with Crippen LogP contribution in [0.15, 0.2) is 40.9 Å². The molecule has 0 unspecified atom stereocenters. The lowest BCUT2D eigenvalue weighted by Gasteiger charge is -2.14. The van der Waals surface area contributed by atoms with Gasteiger partial charge in [0.1, 0.15) is 5.75 Å². The molecular weight excluding hydrogens is 318 g/mol. The van der Waals surface area contributed by atoms with Gasteiger partial charge in [0.15, 0.2) is 0 Å². The number of nitrogen functional groups attached to an aromatic ring is 1. The van der Waals surface area contributed by atoms with Gasteiger partial charge < -0.3 is 15.2 Å². The highest BCUT2D eigenvalue weighted by Gasteiger charge is 2.12. The number of rotatable bonds is 5. The van der Waals surface area contributed by atoms with E-state index in [9.17, 15) is 0 Å². The zero-order valence-electron chi connectivity index (χ0n) is 11.7. The Bertz CT molecular complexity index is 599. The Balaban J connectivity index is 2.50. The van der Waals surface area contributed by atoms with E-state index in [1.165, 1.54) is 0 Å². The third-order valence-corrected chi connectivity index (χ3v) is 3.72. The van der Waals surface area contributed by atoms with Crippen LogP contribution in [0.5, 0.6) is 5.75 Å². The summed E-state index contributed by atoms with van der Waals surface area (Å²) >= 11 is 3.49. The lowest BCUT2D eigenvalue weighted by Crippen LogP contribution is -2.01. The Morgan fingerprint density at radius 1 is 1.10 bits per heavy atom. The maximum atomic E-state index is 6.30. The minimum absolute atomic E-state index is 0.656. The normalized spacial score (nSPS) is 10.6. The number of halogens is 1. The van der Waals surface area contributed by atoms with Crippen LogP contribution in [0.1, 0.15) is 5.56 Å². The van der Waals surface area contributed by atoms with Gasteiger partial charge >= 0.3 is 0 Å². The minimum atomic E-state index is 0.656. The Labute approximate surface area is 127 Å². The smallest absolute Gasteiger partial charge is 0.126 e. The maximum Gasteiger partial charge on any atom is 0.126 e. The molecule has 0 saturated carbocycles. The van der Waals surface area contributed by atoms with Gasteiger partial charge in [-0.3, -0.25) is 0 Å². The van der Waals surface area contributed by atoms with Gasteiger partial charge in [0.2, 0.25) is 0 Å². The van der Waals surface area contributed by atoms with E-state index in [0.717, 1.165) is 39.0 Å². The Kier molecular flexibility index (Phi) is 5.04. The van der Waals surface area contributed by atoms with Crippen LogP contribution in [0.3, 0.4) is 0 Å². The highest BCUT2D eigenvalue weighted by molar-refractivity contribution is 9.10. The van der Waals surface area contributed by atoms with Gasteiger partial charge in [0.25, 0.3) is 0 Å². The van der Waals surface area contributed by atoms with Crippen molar-refractivity contribution in [2.24, 2.45) is 0 Å². The second kappa shape index (κ2) is 6.77. The maximum absolute atomic E-state index is 6.30. The lowest BCUT2D eigenvalue weighted by atomic mass is 9.98. The van der Waals surface area contributed by atoms with Gasteiger partial charge in [-0.1, -0.05) is 34.1 Å². The number of hydrogen-bond acceptors (Lipinski definition) is 3. The summed E-state index contributed by atoms with van der Waals surface area (Å²) in [5.74, 6) is 0.809. The molecule has 0 aromatic heterocycles. The molecular formula is C16H18BrNO2. The first-order valence-electron chi connectivity index (χ1n) is 6.37. The third-order valence-electron chi connectivity index (χ3n) is 3.22. The van der Waals surface area contributed by atoms with Crippen molar-refractivity contribution in [3.05, 3.63) is 46.4 Å². The molecule has 0 saturated heterocycles. The molecule has 0 bridgehead atoms. The summed E-state index contributed by atoms with van der Waals surface area (Å²) in [5.41, 5.74) is 10.1. The average molecular weight is 336 g/mol. The second-order valence-electron chi connectivity index (χ2n) is 4.47. The third kappa shape index (κ3) is 3.14. The summed E-state index contributed by atoms with van der Waals surface area (Å²) in [6.45, 7) is 0.656. The summed E-state index contributed by atoms with van der Waals surface area (Å²) in [6.07, 6.45) is 0.798. The molecule has 0 heterocycles. The van der Waals surface area contributed by atoms with E-state index < -0.39 is 0 Å². The minimum Gasteiger partial charge on any atom is -0.496 e. The standard InChI is InChI=1S/C16H18BrNO2/c1-19-9-8-11-4-3-5-13(16(11)18)14-10-12(17)6-7-15(14)20-2/h3-7,10H,8-9,18H2,1-2H3. The van der Waals surface area contributed by atoms with Crippen LogP contribution in [0.25, 0.3) is 11.1 Å². The predicted molar refractivity (Wildman–Crippen MR) is 86.1 cm³/mol. The van der Waals surface area contributed by atoms with E-state index in [4.69, 9.17) is 15.2 Å². The molecule has 2 rings (SSSR count). The van der Waals surface area contributed by atoms with E-state index in [-0.39, 0.29) is 0 Å². The van der Waals surface area contributed by atoms with Crippen molar-refractivity contribution < 1.29 is 9.47 Å². The molecule has 0 aliphatic carbocycles. The number of hydrogen-bond donors (Lipinski definition) is 1. The molecule has 0 spiro atoms. The van der Waals surface area contributed by atoms with Gasteiger partial charge in [-0.25, -0.2) is 0 Å². The molecule has 2 N–H and O–H groups in total. The summed E-state index contributed by atoms with van der Waals surface area (Å²) in [6, 6.07) is 12.0. The van der Waals surface area contributed by atoms with Gasteiger partial charge in [-0.05, 0) is 30.2 Å². The fraction of sp³-hybridized carbons (Fsp3) is 0.250. The van der Waals surface area contributed by atoms with Crippen LogP contribution < -0.4 is 10.5 Å². The van der Waals surface area contributed by atoms with Crippen LogP contribution in [-0.2, 0) is 11.2 Å². The molecule has 3 nitrogen and oxygen atoms in total. The van der Waals surface area contributed by atoms with E-state index in [1.54, 1.807) is 14.2 Å². The van der Waals surface area contributed by atoms with E-state index in [1.807, 2.05) is 36.4 Å². The monoisotopic (exact) mass is 335 g/mol. The van der Waals surface area contributed by atoms with Gasteiger partial charge in [0, 0.05) is 28.4 Å².